The molecule has 0 spiro atoms. The molecule has 0 saturated carbocycles. The molecule has 1 amide bonds. The highest BCUT2D eigenvalue weighted by Crippen LogP contribution is 2.23. The number of nitro groups is 1. The van der Waals surface area contributed by atoms with Gasteiger partial charge in [0.15, 0.2) is 0 Å². The molecule has 1 atom stereocenters. The monoisotopic (exact) mass is 414 g/mol. The number of aromatic nitrogens is 2. The van der Waals surface area contributed by atoms with Gasteiger partial charge in [-0.25, -0.2) is 4.98 Å². The van der Waals surface area contributed by atoms with E-state index in [1.165, 1.54) is 6.07 Å². The first-order chi connectivity index (χ1) is 14.9. The summed E-state index contributed by atoms with van der Waals surface area (Å²) in [6.45, 7) is 1.65. The molecule has 0 aliphatic heterocycles. The number of imidazole rings is 1. The maximum atomic E-state index is 13.0. The van der Waals surface area contributed by atoms with Crippen LogP contribution in [-0.2, 0) is 13.5 Å². The third-order valence-corrected chi connectivity index (χ3v) is 5.44. The predicted octanol–water partition coefficient (Wildman–Crippen LogP) is 4.50. The number of para-hydroxylation sites is 2. The van der Waals surface area contributed by atoms with E-state index in [4.69, 9.17) is 4.98 Å². The van der Waals surface area contributed by atoms with Crippen molar-refractivity contribution in [2.75, 3.05) is 0 Å². The molecule has 156 valence electrons. The van der Waals surface area contributed by atoms with Gasteiger partial charge in [0.25, 0.3) is 11.6 Å². The van der Waals surface area contributed by atoms with E-state index in [-0.39, 0.29) is 23.2 Å². The quantitative estimate of drug-likeness (QED) is 0.371. The highest BCUT2D eigenvalue weighted by atomic mass is 16.6. The first-order valence-corrected chi connectivity index (χ1v) is 9.95. The van der Waals surface area contributed by atoms with Crippen LogP contribution < -0.4 is 5.32 Å². The number of nitrogens with one attached hydrogen (secondary N) is 1. The zero-order valence-corrected chi connectivity index (χ0v) is 17.3. The Morgan fingerprint density at radius 3 is 2.52 bits per heavy atom. The van der Waals surface area contributed by atoms with E-state index in [0.717, 1.165) is 22.4 Å². The van der Waals surface area contributed by atoms with Gasteiger partial charge in [0, 0.05) is 30.7 Å². The minimum Gasteiger partial charge on any atom is -0.345 e. The maximum Gasteiger partial charge on any atom is 0.273 e. The van der Waals surface area contributed by atoms with Crippen LogP contribution in [-0.4, -0.2) is 20.4 Å². The van der Waals surface area contributed by atoms with Crippen molar-refractivity contribution in [3.8, 4) is 0 Å². The van der Waals surface area contributed by atoms with Gasteiger partial charge in [0.1, 0.15) is 5.82 Å². The summed E-state index contributed by atoms with van der Waals surface area (Å²) in [4.78, 5) is 28.5. The van der Waals surface area contributed by atoms with Crippen LogP contribution in [0.2, 0.25) is 0 Å². The number of nitro benzene ring substituents is 1. The van der Waals surface area contributed by atoms with Gasteiger partial charge >= 0.3 is 0 Å². The Morgan fingerprint density at radius 1 is 1.10 bits per heavy atom. The summed E-state index contributed by atoms with van der Waals surface area (Å²) in [6.07, 6.45) is 0.481. The number of benzene rings is 3. The van der Waals surface area contributed by atoms with Gasteiger partial charge in [0.05, 0.1) is 22.0 Å². The SMILES string of the molecule is Cc1ccc(C(=O)N[C@H](Cc2nc3ccccc3n2C)c2ccccc2)cc1[N+](=O)[O-]. The summed E-state index contributed by atoms with van der Waals surface area (Å²) in [6, 6.07) is 21.7. The molecule has 7 nitrogen and oxygen atoms in total. The summed E-state index contributed by atoms with van der Waals surface area (Å²) in [7, 11) is 1.96. The van der Waals surface area contributed by atoms with Gasteiger partial charge in [-0.1, -0.05) is 48.5 Å². The van der Waals surface area contributed by atoms with Gasteiger partial charge in [-0.05, 0) is 30.7 Å². The van der Waals surface area contributed by atoms with Crippen molar-refractivity contribution in [3.63, 3.8) is 0 Å². The number of fused-ring (bicyclic) bond motifs is 1. The van der Waals surface area contributed by atoms with Crippen molar-refractivity contribution in [2.45, 2.75) is 19.4 Å². The number of rotatable bonds is 6. The Balaban J connectivity index is 1.66. The largest absolute Gasteiger partial charge is 0.345 e. The molecule has 0 saturated heterocycles. The first kappa shape index (κ1) is 20.3. The number of amides is 1. The van der Waals surface area contributed by atoms with Crippen molar-refractivity contribution in [1.82, 2.24) is 14.9 Å². The minimum absolute atomic E-state index is 0.0701. The van der Waals surface area contributed by atoms with E-state index in [9.17, 15) is 14.9 Å². The van der Waals surface area contributed by atoms with Crippen LogP contribution in [0.5, 0.6) is 0 Å². The third kappa shape index (κ3) is 4.16. The van der Waals surface area contributed by atoms with Crippen molar-refractivity contribution in [2.24, 2.45) is 7.05 Å². The summed E-state index contributed by atoms with van der Waals surface area (Å²) in [5.41, 5.74) is 3.55. The van der Waals surface area contributed by atoms with Crippen LogP contribution in [0, 0.1) is 17.0 Å². The molecule has 1 heterocycles. The van der Waals surface area contributed by atoms with E-state index in [2.05, 4.69) is 5.32 Å². The van der Waals surface area contributed by atoms with Crippen LogP contribution in [0.25, 0.3) is 11.0 Å². The maximum absolute atomic E-state index is 13.0. The van der Waals surface area contributed by atoms with Crippen LogP contribution in [0.3, 0.4) is 0 Å². The average Bonchev–Trinajstić information content (AvgIpc) is 3.09. The molecule has 1 aromatic heterocycles. The molecule has 7 heteroatoms. The van der Waals surface area contributed by atoms with E-state index < -0.39 is 4.92 Å². The van der Waals surface area contributed by atoms with Gasteiger partial charge in [-0.2, -0.15) is 0 Å². The fourth-order valence-corrected chi connectivity index (χ4v) is 3.69. The minimum atomic E-state index is -0.472. The summed E-state index contributed by atoms with van der Waals surface area (Å²) >= 11 is 0. The molecule has 0 radical (unpaired) electrons. The Labute approximate surface area is 179 Å². The molecule has 0 bridgehead atoms. The van der Waals surface area contributed by atoms with E-state index in [0.29, 0.717) is 12.0 Å². The lowest BCUT2D eigenvalue weighted by atomic mass is 10.0. The van der Waals surface area contributed by atoms with E-state index >= 15 is 0 Å². The molecule has 0 unspecified atom stereocenters. The van der Waals surface area contributed by atoms with Crippen molar-refractivity contribution >= 4 is 22.6 Å². The smallest absolute Gasteiger partial charge is 0.273 e. The molecule has 4 rings (SSSR count). The van der Waals surface area contributed by atoms with Crippen LogP contribution in [0.1, 0.15) is 33.4 Å². The zero-order chi connectivity index (χ0) is 22.0. The molecule has 1 N–H and O–H groups in total. The molecular formula is C24H22N4O3. The van der Waals surface area contributed by atoms with E-state index in [1.807, 2.05) is 66.2 Å². The van der Waals surface area contributed by atoms with Gasteiger partial charge in [-0.3, -0.25) is 14.9 Å². The molecule has 4 aromatic rings. The Bertz CT molecular complexity index is 1260. The second kappa shape index (κ2) is 8.39. The third-order valence-electron chi connectivity index (χ3n) is 5.44. The number of nitrogens with zero attached hydrogens (tertiary/aromatic N) is 3. The van der Waals surface area contributed by atoms with Crippen LogP contribution in [0.4, 0.5) is 5.69 Å². The molecule has 0 aliphatic carbocycles. The second-order valence-electron chi connectivity index (χ2n) is 7.47. The highest BCUT2D eigenvalue weighted by Gasteiger charge is 2.21. The molecule has 31 heavy (non-hydrogen) atoms. The second-order valence-corrected chi connectivity index (χ2v) is 7.47. The number of carbonyl (C=O) groups excluding carboxylic acids is 1. The number of hydrogen-bond acceptors (Lipinski definition) is 4. The van der Waals surface area contributed by atoms with E-state index in [1.54, 1.807) is 19.1 Å². The summed E-state index contributed by atoms with van der Waals surface area (Å²) in [5.74, 6) is 0.473. The lowest BCUT2D eigenvalue weighted by molar-refractivity contribution is -0.385. The van der Waals surface area contributed by atoms with Gasteiger partial charge in [-0.15, -0.1) is 0 Å². The first-order valence-electron chi connectivity index (χ1n) is 9.95. The van der Waals surface area contributed by atoms with Gasteiger partial charge < -0.3 is 9.88 Å². The number of aryl methyl sites for hydroxylation is 2. The fourth-order valence-electron chi connectivity index (χ4n) is 3.69. The van der Waals surface area contributed by atoms with Crippen molar-refractivity contribution in [1.29, 1.82) is 0 Å². The molecular weight excluding hydrogens is 392 g/mol. The summed E-state index contributed by atoms with van der Waals surface area (Å²) < 4.78 is 2.02. The Morgan fingerprint density at radius 2 is 1.81 bits per heavy atom. The highest BCUT2D eigenvalue weighted by molar-refractivity contribution is 5.95. The Hall–Kier alpha value is -4.00. The van der Waals surface area contributed by atoms with Gasteiger partial charge in [0.2, 0.25) is 0 Å². The van der Waals surface area contributed by atoms with Crippen molar-refractivity contribution < 1.29 is 9.72 Å². The molecule has 3 aromatic carbocycles. The Kier molecular flexibility index (Phi) is 5.49. The number of carbonyl (C=O) groups is 1. The fraction of sp³-hybridized carbons (Fsp3) is 0.167. The molecule has 0 fully saturated rings. The normalized spacial score (nSPS) is 11.9. The number of hydrogen-bond donors (Lipinski definition) is 1. The predicted molar refractivity (Wildman–Crippen MR) is 119 cm³/mol. The average molecular weight is 414 g/mol. The lowest BCUT2D eigenvalue weighted by Gasteiger charge is -2.19. The topological polar surface area (TPSA) is 90.1 Å². The standard InChI is InChI=1S/C24H22N4O3/c1-16-12-13-18(14-22(16)28(30)31)24(29)26-20(17-8-4-3-5-9-17)15-23-25-19-10-6-7-11-21(19)27(23)2/h3-14,20H,15H2,1-2H3,(H,26,29)/t20-/m1/s1. The van der Waals surface area contributed by atoms with Crippen LogP contribution in [0.15, 0.2) is 72.8 Å². The van der Waals surface area contributed by atoms with Crippen LogP contribution >= 0.6 is 0 Å². The molecule has 0 aliphatic rings. The summed E-state index contributed by atoms with van der Waals surface area (Å²) in [5, 5.41) is 14.3. The lowest BCUT2D eigenvalue weighted by Crippen LogP contribution is -2.30. The van der Waals surface area contributed by atoms with Crippen molar-refractivity contribution in [3.05, 3.63) is 105 Å². The zero-order valence-electron chi connectivity index (χ0n) is 17.3.